The van der Waals surface area contributed by atoms with Gasteiger partial charge in [0.2, 0.25) is 0 Å². The van der Waals surface area contributed by atoms with Gasteiger partial charge in [-0.25, -0.2) is 0 Å². The molecule has 0 heterocycles. The highest BCUT2D eigenvalue weighted by Crippen LogP contribution is 1.70. The molecule has 0 aromatic rings. The van der Waals surface area contributed by atoms with Crippen LogP contribution in [0.15, 0.2) is 25.5 Å². The van der Waals surface area contributed by atoms with Crippen molar-refractivity contribution in [2.75, 3.05) is 0 Å². The van der Waals surface area contributed by atoms with E-state index in [-0.39, 0.29) is 5.97 Å². The molecule has 0 N–H and O–H groups in total. The summed E-state index contributed by atoms with van der Waals surface area (Å²) in [5.74, 6) is -0.329. The third kappa shape index (κ3) is 28.3. The van der Waals surface area contributed by atoms with Crippen molar-refractivity contribution in [3.8, 4) is 0 Å². The minimum absolute atomic E-state index is 0.329. The van der Waals surface area contributed by atoms with Crippen LogP contribution >= 0.6 is 0 Å². The Bertz CT molecular complexity index is 106. The van der Waals surface area contributed by atoms with Gasteiger partial charge in [-0.1, -0.05) is 19.6 Å². The van der Waals surface area contributed by atoms with E-state index in [1.165, 1.54) is 6.92 Å². The Morgan fingerprint density at radius 1 is 1.60 bits per heavy atom. The summed E-state index contributed by atoms with van der Waals surface area (Å²) in [6.45, 7) is 10.0. The molecule has 0 aliphatic carbocycles. The first-order valence-corrected chi connectivity index (χ1v) is 3.08. The van der Waals surface area contributed by atoms with Gasteiger partial charge in [-0.3, -0.25) is 4.79 Å². The second-order valence-electron chi connectivity index (χ2n) is 1.47. The zero-order valence-electron chi connectivity index (χ0n) is 6.59. The van der Waals surface area contributed by atoms with Crippen LogP contribution in [0.1, 0.15) is 20.3 Å². The van der Waals surface area contributed by atoms with Gasteiger partial charge in [0.1, 0.15) is 0 Å². The van der Waals surface area contributed by atoms with Gasteiger partial charge in [-0.05, 0) is 6.42 Å². The van der Waals surface area contributed by atoms with Gasteiger partial charge >= 0.3 is 5.97 Å². The maximum Gasteiger partial charge on any atom is 0.307 e. The minimum Gasteiger partial charge on any atom is -0.435 e. The van der Waals surface area contributed by atoms with Crippen LogP contribution in [0, 0.1) is 0 Å². The number of rotatable bonds is 2. The molecule has 0 aromatic carbocycles. The lowest BCUT2D eigenvalue weighted by atomic mass is 10.5. The summed E-state index contributed by atoms with van der Waals surface area (Å²) in [4.78, 5) is 9.75. The van der Waals surface area contributed by atoms with Crippen molar-refractivity contribution in [2.45, 2.75) is 20.3 Å². The summed E-state index contributed by atoms with van der Waals surface area (Å²) in [7, 11) is 0. The van der Waals surface area contributed by atoms with Gasteiger partial charge in [0, 0.05) is 6.92 Å². The van der Waals surface area contributed by atoms with Crippen molar-refractivity contribution >= 4 is 5.97 Å². The number of ether oxygens (including phenoxy) is 1. The van der Waals surface area contributed by atoms with Crippen LogP contribution < -0.4 is 0 Å². The normalized spacial score (nSPS) is 6.60. The number of allylic oxidation sites excluding steroid dienone is 1. The van der Waals surface area contributed by atoms with Crippen molar-refractivity contribution in [2.24, 2.45) is 0 Å². The zero-order valence-corrected chi connectivity index (χ0v) is 6.59. The van der Waals surface area contributed by atoms with Crippen LogP contribution in [0.25, 0.3) is 0 Å². The number of carbonyl (C=O) groups excluding carboxylic acids is 1. The Labute approximate surface area is 62.2 Å². The Hall–Kier alpha value is -1.05. The maximum atomic E-state index is 9.75. The molecule has 0 spiro atoms. The Kier molecular flexibility index (Phi) is 12.7. The second-order valence-corrected chi connectivity index (χ2v) is 1.47. The molecule has 0 aliphatic heterocycles. The average Bonchev–Trinajstić information content (AvgIpc) is 1.89. The van der Waals surface area contributed by atoms with Crippen LogP contribution in [-0.2, 0) is 9.53 Å². The minimum atomic E-state index is -0.329. The van der Waals surface area contributed by atoms with E-state index in [1.807, 2.05) is 6.08 Å². The van der Waals surface area contributed by atoms with Crippen molar-refractivity contribution in [3.63, 3.8) is 0 Å². The smallest absolute Gasteiger partial charge is 0.307 e. The Morgan fingerprint density at radius 3 is 2.00 bits per heavy atom. The van der Waals surface area contributed by atoms with Gasteiger partial charge < -0.3 is 4.74 Å². The van der Waals surface area contributed by atoms with Crippen molar-refractivity contribution in [1.29, 1.82) is 0 Å². The van der Waals surface area contributed by atoms with E-state index >= 15 is 0 Å². The van der Waals surface area contributed by atoms with Crippen LogP contribution in [0.3, 0.4) is 0 Å². The number of hydrogen-bond donors (Lipinski definition) is 0. The van der Waals surface area contributed by atoms with E-state index < -0.39 is 0 Å². The molecular weight excluding hydrogens is 128 g/mol. The Balaban J connectivity index is 0. The predicted octanol–water partition coefficient (Wildman–Crippen LogP) is 2.28. The summed E-state index contributed by atoms with van der Waals surface area (Å²) in [5, 5.41) is 0. The van der Waals surface area contributed by atoms with Crippen molar-refractivity contribution in [1.82, 2.24) is 0 Å². The first-order chi connectivity index (χ1) is 4.68. The molecule has 0 aliphatic rings. The maximum absolute atomic E-state index is 9.75. The highest BCUT2D eigenvalue weighted by Gasteiger charge is 1.79. The van der Waals surface area contributed by atoms with Gasteiger partial charge in [0.15, 0.2) is 0 Å². The zero-order chi connectivity index (χ0) is 8.41. The SMILES string of the molecule is C=CCC.C=COC(C)=O. The van der Waals surface area contributed by atoms with E-state index in [0.29, 0.717) is 0 Å². The lowest BCUT2D eigenvalue weighted by Gasteiger charge is -1.83. The molecule has 0 fully saturated rings. The fraction of sp³-hybridized carbons (Fsp3) is 0.375. The summed E-state index contributed by atoms with van der Waals surface area (Å²) >= 11 is 0. The molecule has 0 atom stereocenters. The Morgan fingerprint density at radius 2 is 2.00 bits per heavy atom. The van der Waals surface area contributed by atoms with Crippen molar-refractivity contribution < 1.29 is 9.53 Å². The molecule has 10 heavy (non-hydrogen) atoms. The molecule has 0 radical (unpaired) electrons. The fourth-order valence-electron chi connectivity index (χ4n) is 0.117. The lowest BCUT2D eigenvalue weighted by Crippen LogP contribution is -1.87. The molecule has 0 unspecified atom stereocenters. The first kappa shape index (κ1) is 11.7. The van der Waals surface area contributed by atoms with Gasteiger partial charge in [0.05, 0.1) is 6.26 Å². The molecule has 0 amide bonds. The van der Waals surface area contributed by atoms with Crippen LogP contribution in [0.4, 0.5) is 0 Å². The van der Waals surface area contributed by atoms with Crippen molar-refractivity contribution in [3.05, 3.63) is 25.5 Å². The number of carbonyl (C=O) groups is 1. The average molecular weight is 142 g/mol. The highest BCUT2D eigenvalue weighted by atomic mass is 16.5. The molecule has 2 heteroatoms. The summed E-state index contributed by atoms with van der Waals surface area (Å²) in [6.07, 6.45) is 4.06. The van der Waals surface area contributed by atoms with E-state index in [2.05, 4.69) is 24.8 Å². The molecule has 2 nitrogen and oxygen atoms in total. The highest BCUT2D eigenvalue weighted by molar-refractivity contribution is 5.66. The number of hydrogen-bond acceptors (Lipinski definition) is 2. The third-order valence-corrected chi connectivity index (χ3v) is 0.538. The lowest BCUT2D eigenvalue weighted by molar-refractivity contribution is -0.135. The molecule has 0 rings (SSSR count). The third-order valence-electron chi connectivity index (χ3n) is 0.538. The van der Waals surface area contributed by atoms with Crippen LogP contribution in [0.5, 0.6) is 0 Å². The molecule has 58 valence electrons. The van der Waals surface area contributed by atoms with Crippen LogP contribution in [0.2, 0.25) is 0 Å². The summed E-state index contributed by atoms with van der Waals surface area (Å²) in [6, 6.07) is 0. The predicted molar refractivity (Wildman–Crippen MR) is 42.5 cm³/mol. The topological polar surface area (TPSA) is 26.3 Å². The quantitative estimate of drug-likeness (QED) is 0.336. The summed E-state index contributed by atoms with van der Waals surface area (Å²) < 4.78 is 4.17. The fourth-order valence-corrected chi connectivity index (χ4v) is 0.117. The van der Waals surface area contributed by atoms with E-state index in [1.54, 1.807) is 0 Å². The molecular formula is C8H14O2. The molecule has 0 aromatic heterocycles. The largest absolute Gasteiger partial charge is 0.435 e. The number of esters is 1. The molecule has 0 saturated heterocycles. The molecule has 0 bridgehead atoms. The first-order valence-electron chi connectivity index (χ1n) is 3.08. The second kappa shape index (κ2) is 10.8. The van der Waals surface area contributed by atoms with Crippen LogP contribution in [-0.4, -0.2) is 5.97 Å². The monoisotopic (exact) mass is 142 g/mol. The van der Waals surface area contributed by atoms with Gasteiger partial charge in [0.25, 0.3) is 0 Å². The van der Waals surface area contributed by atoms with Gasteiger partial charge in [-0.2, -0.15) is 0 Å². The van der Waals surface area contributed by atoms with E-state index in [0.717, 1.165) is 12.7 Å². The molecule has 0 saturated carbocycles. The summed E-state index contributed by atoms with van der Waals surface area (Å²) in [5.41, 5.74) is 0. The standard InChI is InChI=1S/C4H6O2.C4H8/c1-3-6-4(2)5;1-3-4-2/h3H,1H2,2H3;3H,1,4H2,2H3. The van der Waals surface area contributed by atoms with Gasteiger partial charge in [-0.15, -0.1) is 6.58 Å². The van der Waals surface area contributed by atoms with E-state index in [9.17, 15) is 4.79 Å². The van der Waals surface area contributed by atoms with E-state index in [4.69, 9.17) is 0 Å².